The fraction of sp³-hybridized carbons (Fsp3) is 0.250. The van der Waals surface area contributed by atoms with E-state index in [0.717, 1.165) is 17.8 Å². The maximum atomic E-state index is 12.5. The number of benzene rings is 2. The summed E-state index contributed by atoms with van der Waals surface area (Å²) in [5.41, 5.74) is 6.45. The van der Waals surface area contributed by atoms with Gasteiger partial charge < -0.3 is 10.1 Å². The Morgan fingerprint density at radius 3 is 2.20 bits per heavy atom. The molecule has 3 rings (SSSR count). The molecular weight excluding hydrogens is 378 g/mol. The van der Waals surface area contributed by atoms with Crippen LogP contribution in [0, 0.1) is 13.8 Å². The molecule has 0 radical (unpaired) electrons. The molecule has 1 heterocycles. The summed E-state index contributed by atoms with van der Waals surface area (Å²) in [5, 5.41) is 2.89. The SMILES string of the molecule is Cc1ccc(C)n1NC(=O)c1ccc(O[C@@H](C)C(=O)NCCc2ccccc2)cc1. The molecule has 6 heteroatoms. The Morgan fingerprint density at radius 2 is 1.57 bits per heavy atom. The van der Waals surface area contributed by atoms with Gasteiger partial charge in [0.25, 0.3) is 11.8 Å². The Morgan fingerprint density at radius 1 is 0.933 bits per heavy atom. The van der Waals surface area contributed by atoms with Gasteiger partial charge in [0.05, 0.1) is 0 Å². The molecule has 6 nitrogen and oxygen atoms in total. The summed E-state index contributed by atoms with van der Waals surface area (Å²) in [6.45, 7) is 6.11. The molecule has 1 aromatic heterocycles. The Kier molecular flexibility index (Phi) is 6.91. The molecule has 0 aliphatic heterocycles. The zero-order valence-electron chi connectivity index (χ0n) is 17.5. The van der Waals surface area contributed by atoms with E-state index in [2.05, 4.69) is 10.7 Å². The van der Waals surface area contributed by atoms with E-state index in [4.69, 9.17) is 4.74 Å². The van der Waals surface area contributed by atoms with Crippen LogP contribution in [0.2, 0.25) is 0 Å². The molecular formula is C24H27N3O3. The maximum absolute atomic E-state index is 12.5. The lowest BCUT2D eigenvalue weighted by Gasteiger charge is -2.15. The Bertz CT molecular complexity index is 975. The van der Waals surface area contributed by atoms with Gasteiger partial charge in [0, 0.05) is 23.5 Å². The number of aromatic nitrogens is 1. The van der Waals surface area contributed by atoms with Crippen LogP contribution in [-0.4, -0.2) is 29.1 Å². The second kappa shape index (κ2) is 9.78. The number of amides is 2. The van der Waals surface area contributed by atoms with Gasteiger partial charge in [0.15, 0.2) is 6.10 Å². The molecule has 1 atom stereocenters. The summed E-state index contributed by atoms with van der Waals surface area (Å²) in [5.74, 6) is 0.146. The number of aryl methyl sites for hydroxylation is 2. The fourth-order valence-corrected chi connectivity index (χ4v) is 3.07. The third kappa shape index (κ3) is 5.50. The zero-order valence-corrected chi connectivity index (χ0v) is 17.5. The molecule has 3 aromatic rings. The lowest BCUT2D eigenvalue weighted by molar-refractivity contribution is -0.127. The lowest BCUT2D eigenvalue weighted by Crippen LogP contribution is -2.37. The fourth-order valence-electron chi connectivity index (χ4n) is 3.07. The molecule has 0 saturated heterocycles. The van der Waals surface area contributed by atoms with Gasteiger partial charge in [-0.2, -0.15) is 0 Å². The smallest absolute Gasteiger partial charge is 0.270 e. The Labute approximate surface area is 176 Å². The van der Waals surface area contributed by atoms with E-state index in [1.165, 1.54) is 5.56 Å². The Hall–Kier alpha value is -3.54. The monoisotopic (exact) mass is 405 g/mol. The minimum absolute atomic E-state index is 0.175. The second-order valence-electron chi connectivity index (χ2n) is 7.20. The molecule has 0 unspecified atom stereocenters. The van der Waals surface area contributed by atoms with Crippen LogP contribution in [0.15, 0.2) is 66.7 Å². The maximum Gasteiger partial charge on any atom is 0.270 e. The van der Waals surface area contributed by atoms with Crippen LogP contribution in [-0.2, 0) is 11.2 Å². The number of hydrogen-bond acceptors (Lipinski definition) is 3. The van der Waals surface area contributed by atoms with E-state index < -0.39 is 6.10 Å². The van der Waals surface area contributed by atoms with E-state index in [1.807, 2.05) is 56.3 Å². The van der Waals surface area contributed by atoms with Crippen molar-refractivity contribution in [3.05, 3.63) is 89.2 Å². The van der Waals surface area contributed by atoms with Crippen molar-refractivity contribution in [2.24, 2.45) is 0 Å². The summed E-state index contributed by atoms with van der Waals surface area (Å²) in [6, 6.07) is 20.6. The molecule has 0 aliphatic rings. The summed E-state index contributed by atoms with van der Waals surface area (Å²) in [6.07, 6.45) is 0.134. The van der Waals surface area contributed by atoms with Crippen LogP contribution in [0.25, 0.3) is 0 Å². The van der Waals surface area contributed by atoms with Crippen LogP contribution >= 0.6 is 0 Å². The van der Waals surface area contributed by atoms with Crippen molar-refractivity contribution in [1.82, 2.24) is 9.99 Å². The van der Waals surface area contributed by atoms with Gasteiger partial charge >= 0.3 is 0 Å². The van der Waals surface area contributed by atoms with Crippen molar-refractivity contribution >= 4 is 11.8 Å². The molecule has 0 bridgehead atoms. The van der Waals surface area contributed by atoms with Gasteiger partial charge in [-0.15, -0.1) is 0 Å². The third-order valence-corrected chi connectivity index (χ3v) is 4.84. The van der Waals surface area contributed by atoms with Crippen LogP contribution < -0.4 is 15.5 Å². The number of ether oxygens (including phenoxy) is 1. The molecule has 2 amide bonds. The largest absolute Gasteiger partial charge is 0.481 e. The molecule has 0 fully saturated rings. The van der Waals surface area contributed by atoms with Gasteiger partial charge in [-0.05, 0) is 69.2 Å². The molecule has 0 saturated carbocycles. The first-order valence-corrected chi connectivity index (χ1v) is 9.98. The highest BCUT2D eigenvalue weighted by molar-refractivity contribution is 6.00. The van der Waals surface area contributed by atoms with Crippen molar-refractivity contribution in [3.8, 4) is 5.75 Å². The first-order valence-electron chi connectivity index (χ1n) is 9.98. The highest BCUT2D eigenvalue weighted by Gasteiger charge is 2.15. The average Bonchev–Trinajstić information content (AvgIpc) is 3.07. The first kappa shape index (κ1) is 21.2. The quantitative estimate of drug-likeness (QED) is 0.601. The molecule has 156 valence electrons. The third-order valence-electron chi connectivity index (χ3n) is 4.84. The van der Waals surface area contributed by atoms with E-state index in [-0.39, 0.29) is 11.8 Å². The summed E-state index contributed by atoms with van der Waals surface area (Å²) in [4.78, 5) is 24.7. The molecule has 2 N–H and O–H groups in total. The molecule has 0 aliphatic carbocycles. The zero-order chi connectivity index (χ0) is 21.5. The van der Waals surface area contributed by atoms with E-state index in [0.29, 0.717) is 17.9 Å². The second-order valence-corrected chi connectivity index (χ2v) is 7.20. The minimum Gasteiger partial charge on any atom is -0.481 e. The normalized spacial score (nSPS) is 11.6. The topological polar surface area (TPSA) is 72.4 Å². The van der Waals surface area contributed by atoms with Crippen LogP contribution in [0.3, 0.4) is 0 Å². The van der Waals surface area contributed by atoms with E-state index >= 15 is 0 Å². The predicted molar refractivity (Wildman–Crippen MR) is 117 cm³/mol. The van der Waals surface area contributed by atoms with Crippen molar-refractivity contribution < 1.29 is 14.3 Å². The van der Waals surface area contributed by atoms with Gasteiger partial charge in [0.1, 0.15) is 5.75 Å². The highest BCUT2D eigenvalue weighted by Crippen LogP contribution is 2.15. The predicted octanol–water partition coefficient (Wildman–Crippen LogP) is 3.62. The van der Waals surface area contributed by atoms with Gasteiger partial charge in [-0.1, -0.05) is 30.3 Å². The van der Waals surface area contributed by atoms with Crippen LogP contribution in [0.1, 0.15) is 34.2 Å². The average molecular weight is 405 g/mol. The number of rotatable bonds is 8. The van der Waals surface area contributed by atoms with Gasteiger partial charge in [0.2, 0.25) is 0 Å². The highest BCUT2D eigenvalue weighted by atomic mass is 16.5. The first-order chi connectivity index (χ1) is 14.4. The van der Waals surface area contributed by atoms with E-state index in [1.54, 1.807) is 35.9 Å². The number of nitrogens with one attached hydrogen (secondary N) is 2. The summed E-state index contributed by atoms with van der Waals surface area (Å²) >= 11 is 0. The van der Waals surface area contributed by atoms with E-state index in [9.17, 15) is 9.59 Å². The van der Waals surface area contributed by atoms with Gasteiger partial charge in [-0.3, -0.25) is 19.7 Å². The summed E-state index contributed by atoms with van der Waals surface area (Å²) in [7, 11) is 0. The van der Waals surface area contributed by atoms with Gasteiger partial charge in [-0.25, -0.2) is 0 Å². The molecule has 0 spiro atoms. The standard InChI is InChI=1S/C24H27N3O3/c1-17-9-10-18(2)27(17)26-24(29)21-11-13-22(14-12-21)30-19(3)23(28)25-16-15-20-7-5-4-6-8-20/h4-14,19H,15-16H2,1-3H3,(H,25,28)(H,26,29)/t19-/m0/s1. The van der Waals surface area contributed by atoms with Crippen molar-refractivity contribution in [2.75, 3.05) is 12.0 Å². The number of nitrogens with zero attached hydrogens (tertiary/aromatic N) is 1. The molecule has 2 aromatic carbocycles. The minimum atomic E-state index is -0.634. The van der Waals surface area contributed by atoms with Crippen LogP contribution in [0.5, 0.6) is 5.75 Å². The Balaban J connectivity index is 1.49. The van der Waals surface area contributed by atoms with Crippen molar-refractivity contribution in [1.29, 1.82) is 0 Å². The van der Waals surface area contributed by atoms with Crippen molar-refractivity contribution in [2.45, 2.75) is 33.3 Å². The lowest BCUT2D eigenvalue weighted by atomic mass is 10.1. The number of carbonyl (C=O) groups excluding carboxylic acids is 2. The number of carbonyl (C=O) groups is 2. The number of hydrogen-bond donors (Lipinski definition) is 2. The molecule has 30 heavy (non-hydrogen) atoms. The van der Waals surface area contributed by atoms with Crippen LogP contribution in [0.4, 0.5) is 0 Å². The summed E-state index contributed by atoms with van der Waals surface area (Å²) < 4.78 is 7.45. The van der Waals surface area contributed by atoms with Crippen molar-refractivity contribution in [3.63, 3.8) is 0 Å².